The molecule has 0 aliphatic carbocycles. The molecule has 0 N–H and O–H groups in total. The molecule has 0 aromatic rings. The maximum absolute atomic E-state index is 5.36. The molecule has 0 bridgehead atoms. The average molecular weight is 435 g/mol. The second kappa shape index (κ2) is 17.5. The molecule has 26 heavy (non-hydrogen) atoms. The fraction of sp³-hybridized carbons (Fsp3) is 1.00. The number of halogens is 1. The van der Waals surface area contributed by atoms with Crippen LogP contribution in [-0.2, 0) is 4.74 Å². The van der Waals surface area contributed by atoms with Gasteiger partial charge < -0.3 is 26.2 Å². The van der Waals surface area contributed by atoms with Crippen LogP contribution in [0.3, 0.4) is 0 Å². The molecule has 0 saturated carbocycles. The average Bonchev–Trinajstić information content (AvgIpc) is 3.37. The lowest BCUT2D eigenvalue weighted by Gasteiger charge is -2.29. The van der Waals surface area contributed by atoms with Crippen LogP contribution in [0.5, 0.6) is 0 Å². The number of ether oxygens (including phenoxy) is 1. The number of hydrogen-bond donors (Lipinski definition) is 0. The van der Waals surface area contributed by atoms with Gasteiger partial charge in [-0.05, 0) is 12.8 Å². The largest absolute Gasteiger partial charge is 1.00 e. The van der Waals surface area contributed by atoms with Crippen LogP contribution < -0.4 is 17.0 Å². The molecule has 0 radical (unpaired) electrons. The highest BCUT2D eigenvalue weighted by molar-refractivity contribution is 4.67. The molecule has 1 unspecified atom stereocenters. The van der Waals surface area contributed by atoms with E-state index < -0.39 is 0 Å². The summed E-state index contributed by atoms with van der Waals surface area (Å²) in [6.45, 7) is 5.82. The van der Waals surface area contributed by atoms with Gasteiger partial charge in [-0.1, -0.05) is 96.8 Å². The predicted molar refractivity (Wildman–Crippen MR) is 111 cm³/mol. The molecule has 0 amide bonds. The summed E-state index contributed by atoms with van der Waals surface area (Å²) in [6.07, 6.45) is 23.8. The SMILES string of the molecule is CCCCCCCCCCCCCCCCCC[N+](C)(C)CC1CO1.[Br-]. The summed E-state index contributed by atoms with van der Waals surface area (Å²) in [5.41, 5.74) is 0. The molecule has 0 aromatic carbocycles. The third-order valence-corrected chi connectivity index (χ3v) is 5.72. The monoisotopic (exact) mass is 433 g/mol. The van der Waals surface area contributed by atoms with Crippen molar-refractivity contribution >= 4 is 0 Å². The summed E-state index contributed by atoms with van der Waals surface area (Å²) >= 11 is 0. The van der Waals surface area contributed by atoms with E-state index in [4.69, 9.17) is 4.74 Å². The van der Waals surface area contributed by atoms with Crippen LogP contribution in [0.15, 0.2) is 0 Å². The highest BCUT2D eigenvalue weighted by atomic mass is 79.9. The Morgan fingerprint density at radius 2 is 1.00 bits per heavy atom. The molecule has 0 spiro atoms. The van der Waals surface area contributed by atoms with Crippen LogP contribution in [0.25, 0.3) is 0 Å². The van der Waals surface area contributed by atoms with Crippen molar-refractivity contribution in [3.63, 3.8) is 0 Å². The number of nitrogens with zero attached hydrogens (tertiary/aromatic N) is 1. The highest BCUT2D eigenvalue weighted by Gasteiger charge is 2.30. The zero-order valence-corrected chi connectivity index (χ0v) is 19.8. The van der Waals surface area contributed by atoms with E-state index in [1.807, 2.05) is 0 Å². The lowest BCUT2D eigenvalue weighted by Crippen LogP contribution is -3.00. The molecule has 2 nitrogen and oxygen atoms in total. The summed E-state index contributed by atoms with van der Waals surface area (Å²) in [6, 6.07) is 0. The van der Waals surface area contributed by atoms with Crippen LogP contribution in [-0.4, -0.2) is 44.4 Å². The fourth-order valence-corrected chi connectivity index (χ4v) is 3.90. The van der Waals surface area contributed by atoms with Gasteiger partial charge in [0, 0.05) is 0 Å². The first-order valence-electron chi connectivity index (χ1n) is 11.6. The van der Waals surface area contributed by atoms with Crippen LogP contribution in [0.1, 0.15) is 110 Å². The van der Waals surface area contributed by atoms with Gasteiger partial charge in [-0.15, -0.1) is 0 Å². The topological polar surface area (TPSA) is 12.5 Å². The normalized spacial score (nSPS) is 16.5. The lowest BCUT2D eigenvalue weighted by molar-refractivity contribution is -0.891. The fourth-order valence-electron chi connectivity index (χ4n) is 3.90. The summed E-state index contributed by atoms with van der Waals surface area (Å²) < 4.78 is 6.50. The zero-order valence-electron chi connectivity index (χ0n) is 18.2. The van der Waals surface area contributed by atoms with Crippen molar-refractivity contribution in [2.75, 3.05) is 33.8 Å². The van der Waals surface area contributed by atoms with Gasteiger partial charge in [-0.3, -0.25) is 0 Å². The Bertz CT molecular complexity index is 292. The minimum Gasteiger partial charge on any atom is -1.00 e. The predicted octanol–water partition coefficient (Wildman–Crippen LogP) is 3.73. The Balaban J connectivity index is 0.00000625. The maximum atomic E-state index is 5.36. The Morgan fingerprint density at radius 1 is 0.654 bits per heavy atom. The van der Waals surface area contributed by atoms with Gasteiger partial charge in [0.15, 0.2) is 0 Å². The van der Waals surface area contributed by atoms with Crippen molar-refractivity contribution in [3.8, 4) is 0 Å². The lowest BCUT2D eigenvalue weighted by atomic mass is 10.0. The Labute approximate surface area is 175 Å². The third-order valence-electron chi connectivity index (χ3n) is 5.72. The standard InChI is InChI=1S/C23H48NO.BrH/c1-4-5-6-7-8-9-10-11-12-13-14-15-16-17-18-19-20-24(2,3)21-23-22-25-23;/h23H,4-22H2,1-3H3;1H/q+1;/p-1. The van der Waals surface area contributed by atoms with Crippen molar-refractivity contribution in [2.45, 2.75) is 116 Å². The van der Waals surface area contributed by atoms with Gasteiger partial charge in [0.25, 0.3) is 0 Å². The first-order valence-corrected chi connectivity index (χ1v) is 11.6. The zero-order chi connectivity index (χ0) is 18.2. The van der Waals surface area contributed by atoms with E-state index in [-0.39, 0.29) is 17.0 Å². The quantitative estimate of drug-likeness (QED) is 0.172. The minimum absolute atomic E-state index is 0. The molecule has 1 saturated heterocycles. The highest BCUT2D eigenvalue weighted by Crippen LogP contribution is 2.16. The van der Waals surface area contributed by atoms with Crippen molar-refractivity contribution in [1.29, 1.82) is 0 Å². The van der Waals surface area contributed by atoms with E-state index in [1.165, 1.54) is 116 Å². The van der Waals surface area contributed by atoms with E-state index in [0.717, 1.165) is 11.1 Å². The molecule has 1 fully saturated rings. The Morgan fingerprint density at radius 3 is 1.35 bits per heavy atom. The molecule has 1 rings (SSSR count). The van der Waals surface area contributed by atoms with E-state index in [2.05, 4.69) is 21.0 Å². The molecular weight excluding hydrogens is 386 g/mol. The van der Waals surface area contributed by atoms with E-state index in [0.29, 0.717) is 6.10 Å². The molecule has 3 heteroatoms. The maximum Gasteiger partial charge on any atom is 0.130 e. The number of likely N-dealkylation sites (N-methyl/N-ethyl adjacent to an activating group) is 1. The van der Waals surface area contributed by atoms with Gasteiger partial charge in [-0.2, -0.15) is 0 Å². The third kappa shape index (κ3) is 17.8. The summed E-state index contributed by atoms with van der Waals surface area (Å²) in [5, 5.41) is 0. The second-order valence-corrected chi connectivity index (χ2v) is 9.10. The van der Waals surface area contributed by atoms with Gasteiger partial charge >= 0.3 is 0 Å². The van der Waals surface area contributed by atoms with Gasteiger partial charge in [0.1, 0.15) is 12.6 Å². The summed E-state index contributed by atoms with van der Waals surface area (Å²) in [7, 11) is 4.71. The Kier molecular flexibility index (Phi) is 17.8. The van der Waals surface area contributed by atoms with Crippen molar-refractivity contribution in [3.05, 3.63) is 0 Å². The number of epoxide rings is 1. The summed E-state index contributed by atoms with van der Waals surface area (Å²) in [4.78, 5) is 0. The van der Waals surface area contributed by atoms with Crippen LogP contribution in [0, 0.1) is 0 Å². The van der Waals surface area contributed by atoms with Crippen LogP contribution in [0.4, 0.5) is 0 Å². The number of hydrogen-bond acceptors (Lipinski definition) is 1. The molecule has 0 aromatic heterocycles. The number of unbranched alkanes of at least 4 members (excludes halogenated alkanes) is 15. The first-order chi connectivity index (χ1) is 12.1. The Hall–Kier alpha value is 0.400. The number of quaternary nitrogens is 1. The van der Waals surface area contributed by atoms with Crippen LogP contribution in [0.2, 0.25) is 0 Å². The smallest absolute Gasteiger partial charge is 0.130 e. The van der Waals surface area contributed by atoms with Crippen LogP contribution >= 0.6 is 0 Å². The molecule has 1 aliphatic rings. The van der Waals surface area contributed by atoms with Crippen molar-refractivity contribution in [2.24, 2.45) is 0 Å². The second-order valence-electron chi connectivity index (χ2n) is 9.10. The first kappa shape index (κ1) is 26.4. The summed E-state index contributed by atoms with van der Waals surface area (Å²) in [5.74, 6) is 0. The van der Waals surface area contributed by atoms with Crippen molar-refractivity contribution < 1.29 is 26.2 Å². The van der Waals surface area contributed by atoms with E-state index in [9.17, 15) is 0 Å². The minimum atomic E-state index is 0. The molecule has 1 atom stereocenters. The number of rotatable bonds is 19. The molecular formula is C23H48BrNO. The van der Waals surface area contributed by atoms with E-state index in [1.54, 1.807) is 0 Å². The van der Waals surface area contributed by atoms with E-state index >= 15 is 0 Å². The van der Waals surface area contributed by atoms with Gasteiger partial charge in [-0.25, -0.2) is 0 Å². The van der Waals surface area contributed by atoms with Crippen molar-refractivity contribution in [1.82, 2.24) is 0 Å². The molecule has 1 aliphatic heterocycles. The van der Waals surface area contributed by atoms with Gasteiger partial charge in [0.2, 0.25) is 0 Å². The van der Waals surface area contributed by atoms with Gasteiger partial charge in [0.05, 0.1) is 27.2 Å². The molecule has 158 valence electrons. The molecule has 1 heterocycles.